The second-order valence-corrected chi connectivity index (χ2v) is 4.65. The molecule has 0 bridgehead atoms. The smallest absolute Gasteiger partial charge is 0.446 e. The zero-order valence-corrected chi connectivity index (χ0v) is 11.7. The molecule has 1 rings (SSSR count). The maximum absolute atomic E-state index is 12.6. The van der Waals surface area contributed by atoms with Crippen molar-refractivity contribution in [1.29, 1.82) is 5.26 Å². The SMILES string of the molecule is CCOC(=O)c1ccc(C#N)c(OC(F)F)c1SC(F)(F)F. The normalized spacial score (nSPS) is 11.2. The van der Waals surface area contributed by atoms with E-state index in [4.69, 9.17) is 5.26 Å². The lowest BCUT2D eigenvalue weighted by Gasteiger charge is -2.16. The molecule has 0 aliphatic rings. The van der Waals surface area contributed by atoms with Crippen LogP contribution in [-0.2, 0) is 4.74 Å². The van der Waals surface area contributed by atoms with Gasteiger partial charge in [0.1, 0.15) is 6.07 Å². The van der Waals surface area contributed by atoms with Gasteiger partial charge in [-0.2, -0.15) is 27.2 Å². The van der Waals surface area contributed by atoms with Gasteiger partial charge in [-0.1, -0.05) is 0 Å². The van der Waals surface area contributed by atoms with E-state index >= 15 is 0 Å². The molecule has 1 aromatic rings. The molecule has 22 heavy (non-hydrogen) atoms. The van der Waals surface area contributed by atoms with Crippen LogP contribution in [0.1, 0.15) is 22.8 Å². The first kappa shape index (κ1) is 18.0. The molecular weight excluding hydrogens is 333 g/mol. The van der Waals surface area contributed by atoms with Crippen LogP contribution in [-0.4, -0.2) is 24.7 Å². The average Bonchev–Trinajstić information content (AvgIpc) is 2.38. The number of hydrogen-bond donors (Lipinski definition) is 0. The summed E-state index contributed by atoms with van der Waals surface area (Å²) in [4.78, 5) is 10.7. The molecule has 4 nitrogen and oxygen atoms in total. The monoisotopic (exact) mass is 341 g/mol. The third-order valence-electron chi connectivity index (χ3n) is 2.15. The number of ether oxygens (including phenoxy) is 2. The highest BCUT2D eigenvalue weighted by Gasteiger charge is 2.35. The van der Waals surface area contributed by atoms with Crippen LogP contribution < -0.4 is 4.74 Å². The first-order chi connectivity index (χ1) is 10.2. The van der Waals surface area contributed by atoms with Gasteiger partial charge in [-0.25, -0.2) is 4.79 Å². The number of thioether (sulfide) groups is 1. The third-order valence-corrected chi connectivity index (χ3v) is 2.99. The Balaban J connectivity index is 3.51. The fourth-order valence-corrected chi connectivity index (χ4v) is 2.19. The van der Waals surface area contributed by atoms with Crippen LogP contribution in [0.15, 0.2) is 17.0 Å². The largest absolute Gasteiger partial charge is 0.462 e. The molecule has 1 aromatic carbocycles. The predicted molar refractivity (Wildman–Crippen MR) is 65.7 cm³/mol. The van der Waals surface area contributed by atoms with E-state index in [1.54, 1.807) is 0 Å². The Morgan fingerprint density at radius 2 is 2.05 bits per heavy atom. The van der Waals surface area contributed by atoms with E-state index < -0.39 is 51.6 Å². The summed E-state index contributed by atoms with van der Waals surface area (Å²) >= 11 is -0.831. The van der Waals surface area contributed by atoms with Gasteiger partial charge in [-0.15, -0.1) is 0 Å². The molecule has 0 aliphatic carbocycles. The van der Waals surface area contributed by atoms with Crippen LogP contribution in [0.25, 0.3) is 0 Å². The number of alkyl halides is 5. The molecule has 0 aliphatic heterocycles. The molecule has 0 aromatic heterocycles. The summed E-state index contributed by atoms with van der Waals surface area (Å²) < 4.78 is 71.2. The summed E-state index contributed by atoms with van der Waals surface area (Å²) in [6.45, 7) is -2.16. The van der Waals surface area contributed by atoms with Crippen LogP contribution in [0, 0.1) is 11.3 Å². The fraction of sp³-hybridized carbons (Fsp3) is 0.333. The van der Waals surface area contributed by atoms with Crippen molar-refractivity contribution in [2.45, 2.75) is 23.9 Å². The number of rotatable bonds is 5. The molecular formula is C12H8F5NO3S. The second kappa shape index (κ2) is 7.31. The first-order valence-corrected chi connectivity index (χ1v) is 6.46. The van der Waals surface area contributed by atoms with Crippen molar-refractivity contribution in [1.82, 2.24) is 0 Å². The average molecular weight is 341 g/mol. The molecule has 0 amide bonds. The van der Waals surface area contributed by atoms with Crippen molar-refractivity contribution in [2.24, 2.45) is 0 Å². The van der Waals surface area contributed by atoms with Gasteiger partial charge in [-0.05, 0) is 30.8 Å². The quantitative estimate of drug-likeness (QED) is 0.461. The van der Waals surface area contributed by atoms with E-state index in [1.165, 1.54) is 13.0 Å². The highest BCUT2D eigenvalue weighted by atomic mass is 32.2. The Labute approximate surface area is 125 Å². The number of halogens is 5. The third kappa shape index (κ3) is 4.77. The van der Waals surface area contributed by atoms with Gasteiger partial charge in [0.25, 0.3) is 0 Å². The molecule has 0 saturated carbocycles. The van der Waals surface area contributed by atoms with E-state index in [1.807, 2.05) is 0 Å². The molecule has 0 saturated heterocycles. The summed E-state index contributed by atoms with van der Waals surface area (Å²) in [5, 5.41) is 8.81. The summed E-state index contributed by atoms with van der Waals surface area (Å²) in [7, 11) is 0. The number of hydrogen-bond acceptors (Lipinski definition) is 5. The standard InChI is InChI=1S/C12H8F5NO3S/c1-2-20-10(19)7-4-3-6(5-18)8(21-11(13)14)9(7)22-12(15,16)17/h3-4,11H,2H2,1H3. The van der Waals surface area contributed by atoms with Crippen molar-refractivity contribution >= 4 is 17.7 Å². The van der Waals surface area contributed by atoms with Gasteiger partial charge in [-0.3, -0.25) is 0 Å². The number of benzene rings is 1. The van der Waals surface area contributed by atoms with Crippen molar-refractivity contribution in [2.75, 3.05) is 6.61 Å². The minimum Gasteiger partial charge on any atom is -0.462 e. The van der Waals surface area contributed by atoms with Crippen LogP contribution in [0.4, 0.5) is 22.0 Å². The first-order valence-electron chi connectivity index (χ1n) is 5.64. The zero-order chi connectivity index (χ0) is 16.9. The van der Waals surface area contributed by atoms with E-state index in [-0.39, 0.29) is 6.61 Å². The zero-order valence-electron chi connectivity index (χ0n) is 10.9. The number of nitriles is 1. The fourth-order valence-electron chi connectivity index (χ4n) is 1.44. The summed E-state index contributed by atoms with van der Waals surface area (Å²) in [6, 6.07) is 3.23. The Morgan fingerprint density at radius 3 is 2.50 bits per heavy atom. The van der Waals surface area contributed by atoms with Gasteiger partial charge in [0, 0.05) is 0 Å². The highest BCUT2D eigenvalue weighted by Crippen LogP contribution is 2.45. The molecule has 0 atom stereocenters. The molecule has 10 heteroatoms. The Hall–Kier alpha value is -2.02. The van der Waals surface area contributed by atoms with Crippen LogP contribution in [0.5, 0.6) is 5.75 Å². The maximum Gasteiger partial charge on any atom is 0.446 e. The lowest BCUT2D eigenvalue weighted by Crippen LogP contribution is -2.13. The summed E-state index contributed by atoms with van der Waals surface area (Å²) in [6.07, 6.45) is 0. The minimum atomic E-state index is -4.88. The van der Waals surface area contributed by atoms with Gasteiger partial charge in [0.2, 0.25) is 0 Å². The van der Waals surface area contributed by atoms with Gasteiger partial charge in [0.15, 0.2) is 5.75 Å². The second-order valence-electron chi connectivity index (χ2n) is 3.58. The minimum absolute atomic E-state index is 0.125. The molecule has 120 valence electrons. The van der Waals surface area contributed by atoms with Gasteiger partial charge >= 0.3 is 18.1 Å². The van der Waals surface area contributed by atoms with E-state index in [2.05, 4.69) is 9.47 Å². The van der Waals surface area contributed by atoms with Crippen molar-refractivity contribution in [3.8, 4) is 11.8 Å². The van der Waals surface area contributed by atoms with E-state index in [0.29, 0.717) is 0 Å². The maximum atomic E-state index is 12.6. The van der Waals surface area contributed by atoms with E-state index in [0.717, 1.165) is 12.1 Å². The lowest BCUT2D eigenvalue weighted by atomic mass is 10.1. The molecule has 0 unspecified atom stereocenters. The molecule has 0 radical (unpaired) electrons. The van der Waals surface area contributed by atoms with Crippen molar-refractivity contribution in [3.05, 3.63) is 23.3 Å². The number of carbonyl (C=O) groups excluding carboxylic acids is 1. The van der Waals surface area contributed by atoms with Gasteiger partial charge in [0.05, 0.1) is 22.6 Å². The molecule has 0 N–H and O–H groups in total. The van der Waals surface area contributed by atoms with Crippen LogP contribution in [0.2, 0.25) is 0 Å². The van der Waals surface area contributed by atoms with Crippen molar-refractivity contribution in [3.63, 3.8) is 0 Å². The lowest BCUT2D eigenvalue weighted by molar-refractivity contribution is -0.0531. The van der Waals surface area contributed by atoms with Gasteiger partial charge < -0.3 is 9.47 Å². The Morgan fingerprint density at radius 1 is 1.41 bits per heavy atom. The van der Waals surface area contributed by atoms with Crippen LogP contribution >= 0.6 is 11.8 Å². The van der Waals surface area contributed by atoms with Crippen molar-refractivity contribution < 1.29 is 36.2 Å². The summed E-state index contributed by atoms with van der Waals surface area (Å²) in [5.41, 5.74) is -6.05. The Bertz CT molecular complexity index is 598. The number of nitrogens with zero attached hydrogens (tertiary/aromatic N) is 1. The Kier molecular flexibility index (Phi) is 5.99. The molecule has 0 fully saturated rings. The molecule has 0 heterocycles. The number of esters is 1. The highest BCUT2D eigenvalue weighted by molar-refractivity contribution is 8.00. The summed E-state index contributed by atoms with van der Waals surface area (Å²) in [5.74, 6) is -2.15. The predicted octanol–water partition coefficient (Wildman–Crippen LogP) is 3.95. The molecule has 0 spiro atoms. The number of carbonyl (C=O) groups is 1. The van der Waals surface area contributed by atoms with E-state index in [9.17, 15) is 26.7 Å². The topological polar surface area (TPSA) is 59.3 Å². The van der Waals surface area contributed by atoms with Crippen LogP contribution in [0.3, 0.4) is 0 Å².